The van der Waals surface area contributed by atoms with Gasteiger partial charge in [-0.3, -0.25) is 10.1 Å². The molecular weight excluding hydrogens is 364 g/mol. The Hall–Kier alpha value is -2.61. The molecular formula is C19H24N4O3S. The predicted octanol–water partition coefficient (Wildman–Crippen LogP) is 3.79. The van der Waals surface area contributed by atoms with E-state index in [4.69, 9.17) is 4.74 Å². The zero-order valence-corrected chi connectivity index (χ0v) is 16.1. The molecule has 0 unspecified atom stereocenters. The number of nitrogens with zero attached hydrogens (tertiary/aromatic N) is 1. The smallest absolute Gasteiger partial charge is 0.325 e. The third-order valence-corrected chi connectivity index (χ3v) is 5.25. The molecule has 0 bridgehead atoms. The number of hydrogen-bond donors (Lipinski definition) is 3. The maximum absolute atomic E-state index is 12.2. The van der Waals surface area contributed by atoms with Crippen LogP contribution in [0.1, 0.15) is 37.8 Å². The van der Waals surface area contributed by atoms with E-state index in [9.17, 15) is 9.59 Å². The van der Waals surface area contributed by atoms with Crippen molar-refractivity contribution in [3.63, 3.8) is 0 Å². The molecule has 1 aromatic carbocycles. The molecule has 0 atom stereocenters. The quantitative estimate of drug-likeness (QED) is 0.702. The number of benzene rings is 1. The summed E-state index contributed by atoms with van der Waals surface area (Å²) in [6.45, 7) is 0. The normalized spacial score (nSPS) is 14.4. The van der Waals surface area contributed by atoms with E-state index in [1.54, 1.807) is 24.6 Å². The number of aromatic nitrogens is 1. The van der Waals surface area contributed by atoms with Crippen molar-refractivity contribution >= 4 is 34.1 Å². The first kappa shape index (κ1) is 19.2. The summed E-state index contributed by atoms with van der Waals surface area (Å²) in [4.78, 5) is 28.6. The zero-order chi connectivity index (χ0) is 19.1. The van der Waals surface area contributed by atoms with Crippen molar-refractivity contribution < 1.29 is 14.3 Å². The van der Waals surface area contributed by atoms with Crippen LogP contribution in [0.4, 0.5) is 15.6 Å². The molecule has 144 valence electrons. The summed E-state index contributed by atoms with van der Waals surface area (Å²) in [5.41, 5.74) is 1.22. The maximum Gasteiger partial charge on any atom is 0.325 e. The number of rotatable bonds is 6. The Kier molecular flexibility index (Phi) is 6.64. The Balaban J connectivity index is 1.49. The highest BCUT2D eigenvalue weighted by Crippen LogP contribution is 2.24. The van der Waals surface area contributed by atoms with Crippen molar-refractivity contribution in [2.24, 2.45) is 0 Å². The number of para-hydroxylation sites is 2. The molecule has 27 heavy (non-hydrogen) atoms. The molecule has 3 N–H and O–H groups in total. The Labute approximate surface area is 162 Å². The summed E-state index contributed by atoms with van der Waals surface area (Å²) < 4.78 is 5.21. The van der Waals surface area contributed by atoms with E-state index in [1.165, 1.54) is 30.6 Å². The van der Waals surface area contributed by atoms with Gasteiger partial charge in [-0.25, -0.2) is 9.78 Å². The number of nitrogens with one attached hydrogen (secondary N) is 3. The van der Waals surface area contributed by atoms with Gasteiger partial charge in [0.1, 0.15) is 5.75 Å². The summed E-state index contributed by atoms with van der Waals surface area (Å²) in [6, 6.07) is 7.03. The Morgan fingerprint density at radius 2 is 1.96 bits per heavy atom. The molecule has 0 saturated heterocycles. The Morgan fingerprint density at radius 3 is 2.74 bits per heavy atom. The van der Waals surface area contributed by atoms with Crippen molar-refractivity contribution in [2.75, 3.05) is 17.7 Å². The number of thiazole rings is 1. The van der Waals surface area contributed by atoms with Crippen LogP contribution < -0.4 is 20.7 Å². The highest BCUT2D eigenvalue weighted by molar-refractivity contribution is 7.14. The van der Waals surface area contributed by atoms with Gasteiger partial charge < -0.3 is 15.4 Å². The number of carbonyl (C=O) groups excluding carboxylic acids is 2. The number of hydrogen-bond acceptors (Lipinski definition) is 5. The van der Waals surface area contributed by atoms with E-state index in [1.807, 2.05) is 12.1 Å². The minimum Gasteiger partial charge on any atom is -0.495 e. The molecule has 1 heterocycles. The van der Waals surface area contributed by atoms with Gasteiger partial charge in [-0.05, 0) is 25.0 Å². The molecule has 7 nitrogen and oxygen atoms in total. The molecule has 0 aliphatic heterocycles. The number of methoxy groups -OCH3 is 1. The second kappa shape index (κ2) is 9.36. The van der Waals surface area contributed by atoms with Crippen LogP contribution in [0.25, 0.3) is 0 Å². The molecule has 2 aromatic rings. The van der Waals surface area contributed by atoms with Crippen LogP contribution in [0.3, 0.4) is 0 Å². The molecule has 3 rings (SSSR count). The molecule has 3 amide bonds. The van der Waals surface area contributed by atoms with E-state index in [-0.39, 0.29) is 18.4 Å². The molecule has 1 aromatic heterocycles. The summed E-state index contributed by atoms with van der Waals surface area (Å²) in [7, 11) is 1.55. The van der Waals surface area contributed by atoms with Crippen molar-refractivity contribution in [3.05, 3.63) is 35.3 Å². The van der Waals surface area contributed by atoms with E-state index in [0.29, 0.717) is 22.3 Å². The predicted molar refractivity (Wildman–Crippen MR) is 106 cm³/mol. The SMILES string of the molecule is COc1ccccc1NC(=O)Nc1nc(CC(=O)NC2CCCCC2)cs1. The summed E-state index contributed by atoms with van der Waals surface area (Å²) >= 11 is 1.29. The van der Waals surface area contributed by atoms with Gasteiger partial charge in [-0.1, -0.05) is 31.4 Å². The van der Waals surface area contributed by atoms with Crippen molar-refractivity contribution in [1.29, 1.82) is 0 Å². The van der Waals surface area contributed by atoms with Gasteiger partial charge in [0.25, 0.3) is 0 Å². The van der Waals surface area contributed by atoms with Gasteiger partial charge in [0.2, 0.25) is 5.91 Å². The van der Waals surface area contributed by atoms with Crippen LogP contribution in [0, 0.1) is 0 Å². The summed E-state index contributed by atoms with van der Waals surface area (Å²) in [5, 5.41) is 10.7. The fraction of sp³-hybridized carbons (Fsp3) is 0.421. The first-order chi connectivity index (χ1) is 13.1. The molecule has 1 aliphatic rings. The van der Waals surface area contributed by atoms with Gasteiger partial charge in [0.15, 0.2) is 5.13 Å². The fourth-order valence-corrected chi connectivity index (χ4v) is 3.84. The second-order valence-electron chi connectivity index (χ2n) is 6.50. The van der Waals surface area contributed by atoms with Crippen LogP contribution in [0.2, 0.25) is 0 Å². The lowest BCUT2D eigenvalue weighted by atomic mass is 9.95. The topological polar surface area (TPSA) is 92.3 Å². The lowest BCUT2D eigenvalue weighted by Gasteiger charge is -2.22. The molecule has 0 spiro atoms. The lowest BCUT2D eigenvalue weighted by Crippen LogP contribution is -2.37. The molecule has 1 saturated carbocycles. The van der Waals surface area contributed by atoms with E-state index < -0.39 is 6.03 Å². The third kappa shape index (κ3) is 5.68. The van der Waals surface area contributed by atoms with Gasteiger partial charge in [-0.2, -0.15) is 0 Å². The number of urea groups is 1. The van der Waals surface area contributed by atoms with E-state index in [0.717, 1.165) is 12.8 Å². The third-order valence-electron chi connectivity index (χ3n) is 4.44. The monoisotopic (exact) mass is 388 g/mol. The summed E-state index contributed by atoms with van der Waals surface area (Å²) in [6.07, 6.45) is 5.94. The summed E-state index contributed by atoms with van der Waals surface area (Å²) in [5.74, 6) is 0.559. The van der Waals surface area contributed by atoms with Crippen LogP contribution in [-0.4, -0.2) is 30.1 Å². The van der Waals surface area contributed by atoms with Gasteiger partial charge in [-0.15, -0.1) is 11.3 Å². The number of ether oxygens (including phenoxy) is 1. The number of amides is 3. The minimum atomic E-state index is -0.410. The first-order valence-electron chi connectivity index (χ1n) is 9.09. The average molecular weight is 388 g/mol. The minimum absolute atomic E-state index is 0.0165. The van der Waals surface area contributed by atoms with Crippen molar-refractivity contribution in [2.45, 2.75) is 44.6 Å². The van der Waals surface area contributed by atoms with Crippen LogP contribution >= 0.6 is 11.3 Å². The largest absolute Gasteiger partial charge is 0.495 e. The maximum atomic E-state index is 12.2. The molecule has 1 aliphatic carbocycles. The first-order valence-corrected chi connectivity index (χ1v) is 9.97. The van der Waals surface area contributed by atoms with E-state index in [2.05, 4.69) is 20.9 Å². The van der Waals surface area contributed by atoms with E-state index >= 15 is 0 Å². The van der Waals surface area contributed by atoms with Crippen LogP contribution in [-0.2, 0) is 11.2 Å². The molecule has 8 heteroatoms. The standard InChI is InChI=1S/C19H24N4O3S/c1-26-16-10-6-5-9-15(16)22-18(25)23-19-21-14(12-27-19)11-17(24)20-13-7-3-2-4-8-13/h5-6,9-10,12-13H,2-4,7-8,11H2,1H3,(H,20,24)(H2,21,22,23,25). The number of carbonyl (C=O) groups is 2. The average Bonchev–Trinajstić information content (AvgIpc) is 3.09. The highest BCUT2D eigenvalue weighted by atomic mass is 32.1. The van der Waals surface area contributed by atoms with Crippen LogP contribution in [0.15, 0.2) is 29.6 Å². The van der Waals surface area contributed by atoms with Gasteiger partial charge in [0.05, 0.1) is 24.9 Å². The fourth-order valence-electron chi connectivity index (χ4n) is 3.13. The zero-order valence-electron chi connectivity index (χ0n) is 15.3. The Morgan fingerprint density at radius 1 is 1.19 bits per heavy atom. The lowest BCUT2D eigenvalue weighted by molar-refractivity contribution is -0.121. The second-order valence-corrected chi connectivity index (χ2v) is 7.36. The van der Waals surface area contributed by atoms with Crippen molar-refractivity contribution in [1.82, 2.24) is 10.3 Å². The Bertz CT molecular complexity index is 787. The van der Waals surface area contributed by atoms with Crippen molar-refractivity contribution in [3.8, 4) is 5.75 Å². The molecule has 0 radical (unpaired) electrons. The molecule has 1 fully saturated rings. The van der Waals surface area contributed by atoms with Crippen LogP contribution in [0.5, 0.6) is 5.75 Å². The van der Waals surface area contributed by atoms with Gasteiger partial charge in [0, 0.05) is 11.4 Å². The highest BCUT2D eigenvalue weighted by Gasteiger charge is 2.17. The number of anilines is 2. The van der Waals surface area contributed by atoms with Gasteiger partial charge >= 0.3 is 6.03 Å².